The van der Waals surface area contributed by atoms with Crippen LogP contribution in [0.5, 0.6) is 0 Å². The van der Waals surface area contributed by atoms with Gasteiger partial charge in [0.1, 0.15) is 0 Å². The number of nitrogens with zero attached hydrogens (tertiary/aromatic N) is 1. The highest BCUT2D eigenvalue weighted by atomic mass is 16.5. The van der Waals surface area contributed by atoms with Crippen LogP contribution in [0.25, 0.3) is 0 Å². The van der Waals surface area contributed by atoms with Crippen molar-refractivity contribution < 1.29 is 14.3 Å². The van der Waals surface area contributed by atoms with Crippen molar-refractivity contribution in [3.8, 4) is 0 Å². The van der Waals surface area contributed by atoms with Gasteiger partial charge in [-0.2, -0.15) is 0 Å². The second-order valence-corrected chi connectivity index (χ2v) is 5.18. The Bertz CT molecular complexity index is 295. The molecule has 0 aromatic heterocycles. The van der Waals surface area contributed by atoms with Crippen LogP contribution in [-0.4, -0.2) is 55.4 Å². The van der Waals surface area contributed by atoms with Crippen molar-refractivity contribution >= 4 is 5.91 Å². The number of amides is 1. The number of hydrogen-bond donors (Lipinski definition) is 1. The Labute approximate surface area is 102 Å². The van der Waals surface area contributed by atoms with Crippen LogP contribution in [-0.2, 0) is 14.3 Å². The van der Waals surface area contributed by atoms with E-state index in [9.17, 15) is 4.79 Å². The molecule has 0 bridgehead atoms. The van der Waals surface area contributed by atoms with Crippen LogP contribution in [0.4, 0.5) is 0 Å². The molecule has 2 aliphatic rings. The van der Waals surface area contributed by atoms with Gasteiger partial charge in [0.05, 0.1) is 17.7 Å². The minimum atomic E-state index is -0.424. The summed E-state index contributed by atoms with van der Waals surface area (Å²) in [5.41, 5.74) is 5.44. The lowest BCUT2D eigenvalue weighted by Crippen LogP contribution is -2.47. The molecule has 2 rings (SSSR count). The first-order chi connectivity index (χ1) is 8.06. The van der Waals surface area contributed by atoms with Crippen molar-refractivity contribution in [1.29, 1.82) is 0 Å². The fourth-order valence-corrected chi connectivity index (χ4v) is 2.79. The molecular formula is C12H22N2O3. The summed E-state index contributed by atoms with van der Waals surface area (Å²) in [6.45, 7) is 3.86. The van der Waals surface area contributed by atoms with Gasteiger partial charge in [-0.15, -0.1) is 0 Å². The molecule has 0 aliphatic carbocycles. The zero-order chi connectivity index (χ0) is 12.5. The molecule has 17 heavy (non-hydrogen) atoms. The summed E-state index contributed by atoms with van der Waals surface area (Å²) in [5.74, 6) is 0.0185. The molecule has 0 saturated carbocycles. The first-order valence-electron chi connectivity index (χ1n) is 6.27. The third-order valence-electron chi connectivity index (χ3n) is 3.80. The maximum Gasteiger partial charge on any atom is 0.239 e. The van der Waals surface area contributed by atoms with Crippen molar-refractivity contribution in [2.24, 2.45) is 5.73 Å². The van der Waals surface area contributed by atoms with E-state index in [-0.39, 0.29) is 17.6 Å². The largest absolute Gasteiger partial charge is 0.381 e. The van der Waals surface area contributed by atoms with Gasteiger partial charge in [-0.05, 0) is 19.8 Å². The Balaban J connectivity index is 1.98. The minimum Gasteiger partial charge on any atom is -0.381 e. The lowest BCUT2D eigenvalue weighted by Gasteiger charge is -2.37. The molecule has 2 N–H and O–H groups in total. The maximum absolute atomic E-state index is 11.8. The van der Waals surface area contributed by atoms with E-state index in [2.05, 4.69) is 0 Å². The van der Waals surface area contributed by atoms with Gasteiger partial charge in [-0.1, -0.05) is 0 Å². The van der Waals surface area contributed by atoms with Crippen molar-refractivity contribution in [3.05, 3.63) is 0 Å². The number of methoxy groups -OCH3 is 1. The summed E-state index contributed by atoms with van der Waals surface area (Å²) in [7, 11) is 1.74. The third kappa shape index (κ3) is 2.61. The number of carbonyl (C=O) groups is 1. The Morgan fingerprint density at radius 3 is 3.06 bits per heavy atom. The van der Waals surface area contributed by atoms with Crippen LogP contribution < -0.4 is 5.73 Å². The van der Waals surface area contributed by atoms with Crippen molar-refractivity contribution in [3.63, 3.8) is 0 Å². The SMILES string of the molecule is CO[C@@H]1CCO[C@@]2(CCN(C(=O)[C@H](C)N)C2)C1. The molecule has 2 heterocycles. The number of carbonyl (C=O) groups excluding carboxylic acids is 1. The van der Waals surface area contributed by atoms with Crippen LogP contribution in [0.2, 0.25) is 0 Å². The summed E-state index contributed by atoms with van der Waals surface area (Å²) >= 11 is 0. The van der Waals surface area contributed by atoms with Gasteiger partial charge in [0, 0.05) is 33.2 Å². The lowest BCUT2D eigenvalue weighted by atomic mass is 9.91. The highest BCUT2D eigenvalue weighted by Gasteiger charge is 2.44. The van der Waals surface area contributed by atoms with E-state index in [1.54, 1.807) is 14.0 Å². The highest BCUT2D eigenvalue weighted by molar-refractivity contribution is 5.81. The van der Waals surface area contributed by atoms with Gasteiger partial charge < -0.3 is 20.1 Å². The molecule has 0 unspecified atom stereocenters. The Kier molecular flexibility index (Phi) is 3.70. The van der Waals surface area contributed by atoms with Crippen molar-refractivity contribution in [2.75, 3.05) is 26.8 Å². The molecular weight excluding hydrogens is 220 g/mol. The van der Waals surface area contributed by atoms with Crippen LogP contribution in [0.1, 0.15) is 26.2 Å². The maximum atomic E-state index is 11.8. The van der Waals surface area contributed by atoms with Crippen LogP contribution in [0.15, 0.2) is 0 Å². The molecule has 0 aromatic rings. The molecule has 2 saturated heterocycles. The summed E-state index contributed by atoms with van der Waals surface area (Å²) in [6, 6.07) is -0.424. The number of ether oxygens (including phenoxy) is 2. The van der Waals surface area contributed by atoms with E-state index >= 15 is 0 Å². The van der Waals surface area contributed by atoms with E-state index in [0.29, 0.717) is 6.54 Å². The molecule has 5 nitrogen and oxygen atoms in total. The zero-order valence-electron chi connectivity index (χ0n) is 10.6. The van der Waals surface area contributed by atoms with E-state index in [4.69, 9.17) is 15.2 Å². The second-order valence-electron chi connectivity index (χ2n) is 5.18. The average Bonchev–Trinajstić information content (AvgIpc) is 2.71. The quantitative estimate of drug-likeness (QED) is 0.747. The highest BCUT2D eigenvalue weighted by Crippen LogP contribution is 2.35. The van der Waals surface area contributed by atoms with E-state index in [1.807, 2.05) is 4.90 Å². The molecule has 1 amide bonds. The summed E-state index contributed by atoms with van der Waals surface area (Å²) in [4.78, 5) is 13.7. The van der Waals surface area contributed by atoms with E-state index in [1.165, 1.54) is 0 Å². The molecule has 2 aliphatic heterocycles. The van der Waals surface area contributed by atoms with Gasteiger partial charge in [0.25, 0.3) is 0 Å². The lowest BCUT2D eigenvalue weighted by molar-refractivity contribution is -0.138. The molecule has 5 heteroatoms. The molecule has 98 valence electrons. The fraction of sp³-hybridized carbons (Fsp3) is 0.917. The Hall–Kier alpha value is -0.650. The average molecular weight is 242 g/mol. The van der Waals surface area contributed by atoms with Gasteiger partial charge in [0.2, 0.25) is 5.91 Å². The number of nitrogens with two attached hydrogens (primary N) is 1. The fourth-order valence-electron chi connectivity index (χ4n) is 2.79. The Morgan fingerprint density at radius 1 is 1.65 bits per heavy atom. The number of hydrogen-bond acceptors (Lipinski definition) is 4. The van der Waals surface area contributed by atoms with Crippen LogP contribution in [0, 0.1) is 0 Å². The van der Waals surface area contributed by atoms with Gasteiger partial charge >= 0.3 is 0 Å². The summed E-state index contributed by atoms with van der Waals surface area (Å²) in [5, 5.41) is 0. The number of likely N-dealkylation sites (tertiary alicyclic amines) is 1. The molecule has 0 aromatic carbocycles. The normalized spacial score (nSPS) is 35.2. The van der Waals surface area contributed by atoms with Gasteiger partial charge in [-0.3, -0.25) is 4.79 Å². The van der Waals surface area contributed by atoms with E-state index in [0.717, 1.165) is 32.4 Å². The monoisotopic (exact) mass is 242 g/mol. The van der Waals surface area contributed by atoms with Crippen molar-refractivity contribution in [1.82, 2.24) is 4.90 Å². The second kappa shape index (κ2) is 4.92. The first kappa shape index (κ1) is 12.8. The smallest absolute Gasteiger partial charge is 0.239 e. The molecule has 0 radical (unpaired) electrons. The minimum absolute atomic E-state index is 0.0185. The van der Waals surface area contributed by atoms with Gasteiger partial charge in [-0.25, -0.2) is 0 Å². The van der Waals surface area contributed by atoms with Crippen LogP contribution >= 0.6 is 0 Å². The topological polar surface area (TPSA) is 64.8 Å². The predicted molar refractivity (Wildman–Crippen MR) is 63.6 cm³/mol. The van der Waals surface area contributed by atoms with Crippen molar-refractivity contribution in [2.45, 2.75) is 43.9 Å². The first-order valence-corrected chi connectivity index (χ1v) is 6.27. The summed E-state index contributed by atoms with van der Waals surface area (Å²) < 4.78 is 11.3. The molecule has 1 spiro atoms. The summed E-state index contributed by atoms with van der Waals surface area (Å²) in [6.07, 6.45) is 2.98. The van der Waals surface area contributed by atoms with Crippen LogP contribution in [0.3, 0.4) is 0 Å². The molecule has 2 fully saturated rings. The molecule has 3 atom stereocenters. The number of rotatable bonds is 2. The zero-order valence-corrected chi connectivity index (χ0v) is 10.6. The Morgan fingerprint density at radius 2 is 2.41 bits per heavy atom. The van der Waals surface area contributed by atoms with E-state index < -0.39 is 6.04 Å². The predicted octanol–water partition coefficient (Wildman–Crippen LogP) is 0.130. The third-order valence-corrected chi connectivity index (χ3v) is 3.80. The van der Waals surface area contributed by atoms with Gasteiger partial charge in [0.15, 0.2) is 0 Å². The standard InChI is InChI=1S/C12H22N2O3/c1-9(13)11(15)14-5-4-12(8-14)7-10(16-2)3-6-17-12/h9-10H,3-8,13H2,1-2H3/t9-,10+,12-/m0/s1.